The minimum absolute atomic E-state index is 0.134. The van der Waals surface area contributed by atoms with Crippen molar-refractivity contribution in [1.29, 1.82) is 0 Å². The Balaban J connectivity index is 3.80. The minimum Gasteiger partial charge on any atom is -0.386 e. The Kier molecular flexibility index (Phi) is 4.26. The molecular formula is C8H14F2O. The molecule has 0 bridgehead atoms. The van der Waals surface area contributed by atoms with Crippen LogP contribution in [-0.4, -0.2) is 17.1 Å². The van der Waals surface area contributed by atoms with Crippen molar-refractivity contribution in [3.63, 3.8) is 0 Å². The number of hydrogen-bond acceptors (Lipinski definition) is 1. The number of alkyl halides is 2. The molecule has 0 saturated carbocycles. The summed E-state index contributed by atoms with van der Waals surface area (Å²) < 4.78 is 25.0. The largest absolute Gasteiger partial charge is 0.386 e. The standard InChI is InChI=1S/C8H14F2O/c1-3-5-6-7(11)8(9,10)4-2/h4,7,11H,2-3,5-6H2,1H3. The Bertz CT molecular complexity index is 123. The monoisotopic (exact) mass is 164 g/mol. The van der Waals surface area contributed by atoms with E-state index < -0.39 is 12.0 Å². The Morgan fingerprint density at radius 3 is 2.55 bits per heavy atom. The van der Waals surface area contributed by atoms with E-state index in [2.05, 4.69) is 6.58 Å². The van der Waals surface area contributed by atoms with Crippen LogP contribution in [-0.2, 0) is 0 Å². The van der Waals surface area contributed by atoms with Gasteiger partial charge in [-0.2, -0.15) is 8.78 Å². The Morgan fingerprint density at radius 1 is 1.64 bits per heavy atom. The maximum absolute atomic E-state index is 12.5. The van der Waals surface area contributed by atoms with Gasteiger partial charge in [-0.25, -0.2) is 0 Å². The van der Waals surface area contributed by atoms with Crippen LogP contribution in [0.4, 0.5) is 8.78 Å². The summed E-state index contributed by atoms with van der Waals surface area (Å²) in [6, 6.07) is 0. The lowest BCUT2D eigenvalue weighted by atomic mass is 10.1. The average Bonchev–Trinajstić information content (AvgIpc) is 2.00. The van der Waals surface area contributed by atoms with Crippen molar-refractivity contribution in [2.75, 3.05) is 0 Å². The second-order valence-corrected chi connectivity index (χ2v) is 2.54. The van der Waals surface area contributed by atoms with E-state index in [1.165, 1.54) is 0 Å². The fourth-order valence-electron chi connectivity index (χ4n) is 0.726. The number of hydrogen-bond donors (Lipinski definition) is 1. The number of rotatable bonds is 5. The average molecular weight is 164 g/mol. The highest BCUT2D eigenvalue weighted by atomic mass is 19.3. The van der Waals surface area contributed by atoms with E-state index in [0.717, 1.165) is 6.42 Å². The summed E-state index contributed by atoms with van der Waals surface area (Å²) in [5, 5.41) is 8.89. The maximum Gasteiger partial charge on any atom is 0.291 e. The number of aliphatic hydroxyl groups is 1. The fourth-order valence-corrected chi connectivity index (χ4v) is 0.726. The zero-order chi connectivity index (χ0) is 8.91. The lowest BCUT2D eigenvalue weighted by molar-refractivity contribution is -0.0729. The molecular weight excluding hydrogens is 150 g/mol. The molecule has 1 N–H and O–H groups in total. The molecule has 0 aliphatic carbocycles. The predicted octanol–water partition coefficient (Wildman–Crippen LogP) is 2.36. The lowest BCUT2D eigenvalue weighted by Crippen LogP contribution is -2.30. The van der Waals surface area contributed by atoms with Crippen LogP contribution in [0.3, 0.4) is 0 Å². The van der Waals surface area contributed by atoms with Gasteiger partial charge in [-0.3, -0.25) is 0 Å². The van der Waals surface area contributed by atoms with Crippen molar-refractivity contribution >= 4 is 0 Å². The van der Waals surface area contributed by atoms with Gasteiger partial charge >= 0.3 is 0 Å². The molecule has 3 heteroatoms. The van der Waals surface area contributed by atoms with Crippen LogP contribution in [0, 0.1) is 0 Å². The molecule has 1 nitrogen and oxygen atoms in total. The number of halogens is 2. The summed E-state index contributed by atoms with van der Waals surface area (Å²) in [6.45, 7) is 4.84. The quantitative estimate of drug-likeness (QED) is 0.618. The van der Waals surface area contributed by atoms with Crippen LogP contribution in [0.2, 0.25) is 0 Å². The molecule has 0 rings (SSSR count). The van der Waals surface area contributed by atoms with E-state index in [-0.39, 0.29) is 6.42 Å². The van der Waals surface area contributed by atoms with Gasteiger partial charge in [0.05, 0.1) is 0 Å². The van der Waals surface area contributed by atoms with Crippen LogP contribution in [0.1, 0.15) is 26.2 Å². The molecule has 0 spiro atoms. The van der Waals surface area contributed by atoms with E-state index in [9.17, 15) is 8.78 Å². The predicted molar refractivity (Wildman–Crippen MR) is 40.7 cm³/mol. The molecule has 0 aromatic carbocycles. The first-order valence-corrected chi connectivity index (χ1v) is 3.74. The normalized spacial score (nSPS) is 14.5. The highest BCUT2D eigenvalue weighted by Gasteiger charge is 2.33. The summed E-state index contributed by atoms with van der Waals surface area (Å²) in [6.07, 6.45) is 0.484. The number of aliphatic hydroxyl groups excluding tert-OH is 1. The second kappa shape index (κ2) is 4.44. The minimum atomic E-state index is -3.13. The van der Waals surface area contributed by atoms with E-state index >= 15 is 0 Å². The molecule has 11 heavy (non-hydrogen) atoms. The molecule has 0 saturated heterocycles. The molecule has 1 unspecified atom stereocenters. The van der Waals surface area contributed by atoms with Crippen molar-refractivity contribution in [1.82, 2.24) is 0 Å². The topological polar surface area (TPSA) is 20.2 Å². The smallest absolute Gasteiger partial charge is 0.291 e. The molecule has 0 heterocycles. The van der Waals surface area contributed by atoms with Crippen molar-refractivity contribution in [2.45, 2.75) is 38.2 Å². The Hall–Kier alpha value is -0.440. The molecule has 0 amide bonds. The van der Waals surface area contributed by atoms with Crippen LogP contribution in [0.25, 0.3) is 0 Å². The van der Waals surface area contributed by atoms with E-state index in [4.69, 9.17) is 5.11 Å². The summed E-state index contributed by atoms with van der Waals surface area (Å²) in [5.41, 5.74) is 0. The first-order chi connectivity index (χ1) is 5.04. The third-order valence-electron chi connectivity index (χ3n) is 1.55. The molecule has 0 aromatic rings. The van der Waals surface area contributed by atoms with Crippen LogP contribution < -0.4 is 0 Å². The molecule has 0 radical (unpaired) electrons. The van der Waals surface area contributed by atoms with Gasteiger partial charge in [0.15, 0.2) is 0 Å². The highest BCUT2D eigenvalue weighted by Crippen LogP contribution is 2.23. The third kappa shape index (κ3) is 3.46. The third-order valence-corrected chi connectivity index (χ3v) is 1.55. The zero-order valence-electron chi connectivity index (χ0n) is 6.69. The van der Waals surface area contributed by atoms with Gasteiger partial charge in [-0.15, -0.1) is 0 Å². The second-order valence-electron chi connectivity index (χ2n) is 2.54. The van der Waals surface area contributed by atoms with Crippen molar-refractivity contribution in [3.05, 3.63) is 12.7 Å². The highest BCUT2D eigenvalue weighted by molar-refractivity contribution is 4.92. The van der Waals surface area contributed by atoms with Gasteiger partial charge < -0.3 is 5.11 Å². The van der Waals surface area contributed by atoms with Crippen LogP contribution >= 0.6 is 0 Å². The van der Waals surface area contributed by atoms with Gasteiger partial charge in [0, 0.05) is 0 Å². The summed E-state index contributed by atoms with van der Waals surface area (Å²) in [4.78, 5) is 0. The summed E-state index contributed by atoms with van der Waals surface area (Å²) in [7, 11) is 0. The van der Waals surface area contributed by atoms with Gasteiger partial charge in [0.1, 0.15) is 6.10 Å². The maximum atomic E-state index is 12.5. The van der Waals surface area contributed by atoms with E-state index in [1.54, 1.807) is 0 Å². The summed E-state index contributed by atoms with van der Waals surface area (Å²) >= 11 is 0. The lowest BCUT2D eigenvalue weighted by Gasteiger charge is -2.18. The van der Waals surface area contributed by atoms with Gasteiger partial charge in [-0.1, -0.05) is 26.3 Å². The summed E-state index contributed by atoms with van der Waals surface area (Å²) in [5.74, 6) is -3.13. The molecule has 1 atom stereocenters. The van der Waals surface area contributed by atoms with Crippen molar-refractivity contribution < 1.29 is 13.9 Å². The van der Waals surface area contributed by atoms with Crippen molar-refractivity contribution in [3.8, 4) is 0 Å². The van der Waals surface area contributed by atoms with Crippen LogP contribution in [0.15, 0.2) is 12.7 Å². The zero-order valence-corrected chi connectivity index (χ0v) is 6.69. The van der Waals surface area contributed by atoms with E-state index in [1.807, 2.05) is 6.92 Å². The molecule has 0 aliphatic heterocycles. The fraction of sp³-hybridized carbons (Fsp3) is 0.750. The number of unbranched alkanes of at least 4 members (excludes halogenated alkanes) is 1. The van der Waals surface area contributed by atoms with Gasteiger partial charge in [-0.05, 0) is 12.5 Å². The van der Waals surface area contributed by atoms with Gasteiger partial charge in [0.2, 0.25) is 0 Å². The SMILES string of the molecule is C=CC(F)(F)C(O)CCCC. The van der Waals surface area contributed by atoms with Crippen LogP contribution in [0.5, 0.6) is 0 Å². The first kappa shape index (κ1) is 10.6. The van der Waals surface area contributed by atoms with E-state index in [0.29, 0.717) is 12.5 Å². The van der Waals surface area contributed by atoms with Gasteiger partial charge in [0.25, 0.3) is 5.92 Å². The van der Waals surface area contributed by atoms with Crippen molar-refractivity contribution in [2.24, 2.45) is 0 Å². The Labute approximate surface area is 65.7 Å². The first-order valence-electron chi connectivity index (χ1n) is 3.74. The Morgan fingerprint density at radius 2 is 2.18 bits per heavy atom. The molecule has 0 fully saturated rings. The molecule has 0 aromatic heterocycles. The molecule has 0 aliphatic rings. The molecule has 66 valence electrons.